The van der Waals surface area contributed by atoms with Gasteiger partial charge in [0.15, 0.2) is 10.9 Å². The van der Waals surface area contributed by atoms with E-state index in [1.807, 2.05) is 19.9 Å². The normalized spacial score (nSPS) is 10.8. The van der Waals surface area contributed by atoms with Gasteiger partial charge in [0.2, 0.25) is 0 Å². The van der Waals surface area contributed by atoms with E-state index in [9.17, 15) is 9.59 Å². The second-order valence-corrected chi connectivity index (χ2v) is 5.44. The van der Waals surface area contributed by atoms with Crippen molar-refractivity contribution in [2.45, 2.75) is 32.5 Å². The molecule has 2 rings (SSSR count). The van der Waals surface area contributed by atoms with Crippen LogP contribution >= 0.6 is 11.8 Å². The van der Waals surface area contributed by atoms with Crippen LogP contribution in [0.15, 0.2) is 28.3 Å². The maximum absolute atomic E-state index is 12.3. The molecule has 0 aliphatic carbocycles. The Morgan fingerprint density at radius 1 is 1.45 bits per heavy atom. The van der Waals surface area contributed by atoms with Crippen molar-refractivity contribution in [1.29, 1.82) is 0 Å². The number of nitrogens with one attached hydrogen (secondary N) is 1. The van der Waals surface area contributed by atoms with E-state index < -0.39 is 0 Å². The summed E-state index contributed by atoms with van der Waals surface area (Å²) in [5.74, 6) is 0.315. The number of carbonyl (C=O) groups excluding carboxylic acids is 1. The topological polar surface area (TPSA) is 67.8 Å². The monoisotopic (exact) mass is 291 g/mol. The summed E-state index contributed by atoms with van der Waals surface area (Å²) in [5.41, 5.74) is 2.61. The van der Waals surface area contributed by atoms with Gasteiger partial charge >= 0.3 is 0 Å². The molecule has 0 aliphatic rings. The predicted molar refractivity (Wildman–Crippen MR) is 79.5 cm³/mol. The van der Waals surface area contributed by atoms with Crippen LogP contribution in [0, 0.1) is 13.8 Å². The Morgan fingerprint density at radius 2 is 2.20 bits per heavy atom. The van der Waals surface area contributed by atoms with Crippen molar-refractivity contribution in [3.63, 3.8) is 0 Å². The van der Waals surface area contributed by atoms with Gasteiger partial charge in [-0.25, -0.2) is 4.98 Å². The number of aromatic nitrogens is 3. The number of hydrogen-bond donors (Lipinski definition) is 1. The lowest BCUT2D eigenvalue weighted by Crippen LogP contribution is -2.09. The number of thioether (sulfide) groups is 1. The first kappa shape index (κ1) is 14.6. The quantitative estimate of drug-likeness (QED) is 0.521. The third kappa shape index (κ3) is 3.01. The summed E-state index contributed by atoms with van der Waals surface area (Å²) in [6, 6.07) is 3.27. The van der Waals surface area contributed by atoms with Gasteiger partial charge in [-0.1, -0.05) is 11.8 Å². The number of H-pyrrole nitrogens is 1. The molecular weight excluding hydrogens is 274 g/mol. The zero-order chi connectivity index (χ0) is 14.7. The molecule has 0 bridgehead atoms. The van der Waals surface area contributed by atoms with Crippen LogP contribution < -0.4 is 5.56 Å². The first-order valence-corrected chi connectivity index (χ1v) is 7.39. The van der Waals surface area contributed by atoms with Crippen LogP contribution in [0.4, 0.5) is 0 Å². The maximum Gasteiger partial charge on any atom is 0.251 e. The number of carbonyl (C=O) groups is 1. The van der Waals surface area contributed by atoms with E-state index >= 15 is 0 Å². The molecule has 0 saturated carbocycles. The lowest BCUT2D eigenvalue weighted by molar-refractivity contribution is 0.102. The van der Waals surface area contributed by atoms with E-state index in [1.165, 1.54) is 24.0 Å². The fourth-order valence-electron chi connectivity index (χ4n) is 2.21. The SMILES string of the molecule is CCn1c(C)cc(C(=O)CSc2nccc(=O)[nH]2)c1C. The minimum absolute atomic E-state index is 0.0503. The van der Waals surface area contributed by atoms with Crippen molar-refractivity contribution in [3.05, 3.63) is 45.6 Å². The molecule has 0 radical (unpaired) electrons. The Hall–Kier alpha value is -1.82. The van der Waals surface area contributed by atoms with Crippen LogP contribution in [0.5, 0.6) is 0 Å². The first-order valence-electron chi connectivity index (χ1n) is 6.41. The third-order valence-electron chi connectivity index (χ3n) is 3.18. The number of hydrogen-bond acceptors (Lipinski definition) is 4. The molecule has 0 saturated heterocycles. The molecule has 2 aromatic heterocycles. The van der Waals surface area contributed by atoms with Crippen molar-refractivity contribution in [2.24, 2.45) is 0 Å². The van der Waals surface area contributed by atoms with Crippen LogP contribution in [0.1, 0.15) is 28.7 Å². The fraction of sp³-hybridized carbons (Fsp3) is 0.357. The summed E-state index contributed by atoms with van der Waals surface area (Å²) in [4.78, 5) is 30.0. The average Bonchev–Trinajstić information content (AvgIpc) is 2.71. The standard InChI is InChI=1S/C14H17N3O2S/c1-4-17-9(2)7-11(10(17)3)12(18)8-20-14-15-6-5-13(19)16-14/h5-7H,4,8H2,1-3H3,(H,15,16,19). The Labute approximate surface area is 121 Å². The van der Waals surface area contributed by atoms with E-state index in [0.29, 0.717) is 5.16 Å². The van der Waals surface area contributed by atoms with E-state index in [0.717, 1.165) is 23.5 Å². The van der Waals surface area contributed by atoms with Crippen LogP contribution in [0.25, 0.3) is 0 Å². The summed E-state index contributed by atoms with van der Waals surface area (Å²) in [6.07, 6.45) is 1.44. The molecule has 0 atom stereocenters. The lowest BCUT2D eigenvalue weighted by atomic mass is 10.2. The highest BCUT2D eigenvalue weighted by atomic mass is 32.2. The zero-order valence-corrected chi connectivity index (χ0v) is 12.6. The minimum Gasteiger partial charge on any atom is -0.349 e. The van der Waals surface area contributed by atoms with Crippen molar-refractivity contribution in [1.82, 2.24) is 14.5 Å². The predicted octanol–water partition coefficient (Wildman–Crippen LogP) is 2.18. The smallest absolute Gasteiger partial charge is 0.251 e. The van der Waals surface area contributed by atoms with Crippen molar-refractivity contribution in [3.8, 4) is 0 Å². The Bertz CT molecular complexity index is 688. The van der Waals surface area contributed by atoms with Gasteiger partial charge in [-0.15, -0.1) is 0 Å². The number of nitrogens with zero attached hydrogens (tertiary/aromatic N) is 2. The van der Waals surface area contributed by atoms with E-state index in [-0.39, 0.29) is 17.1 Å². The van der Waals surface area contributed by atoms with Crippen molar-refractivity contribution in [2.75, 3.05) is 5.75 Å². The van der Waals surface area contributed by atoms with Gasteiger partial charge in [-0.2, -0.15) is 0 Å². The summed E-state index contributed by atoms with van der Waals surface area (Å²) in [5, 5.41) is 0.468. The Morgan fingerprint density at radius 3 is 2.80 bits per heavy atom. The number of rotatable bonds is 5. The fourth-order valence-corrected chi connectivity index (χ4v) is 2.94. The molecule has 20 heavy (non-hydrogen) atoms. The molecule has 0 aromatic carbocycles. The van der Waals surface area contributed by atoms with Gasteiger partial charge in [0.25, 0.3) is 5.56 Å². The molecule has 2 aromatic rings. The summed E-state index contributed by atoms with van der Waals surface area (Å²) >= 11 is 1.24. The molecule has 0 unspecified atom stereocenters. The van der Waals surface area contributed by atoms with Gasteiger partial charge in [-0.3, -0.25) is 9.59 Å². The van der Waals surface area contributed by atoms with Crippen LogP contribution in [-0.2, 0) is 6.54 Å². The first-order chi connectivity index (χ1) is 9.52. The third-order valence-corrected chi connectivity index (χ3v) is 4.07. The zero-order valence-electron chi connectivity index (χ0n) is 11.8. The van der Waals surface area contributed by atoms with Gasteiger partial charge < -0.3 is 9.55 Å². The number of ketones is 1. The van der Waals surface area contributed by atoms with Crippen LogP contribution in [0.2, 0.25) is 0 Å². The van der Waals surface area contributed by atoms with Crippen molar-refractivity contribution < 1.29 is 4.79 Å². The van der Waals surface area contributed by atoms with E-state index in [4.69, 9.17) is 0 Å². The Kier molecular flexibility index (Phi) is 4.44. The molecule has 5 nitrogen and oxygen atoms in total. The molecular formula is C14H17N3O2S. The Balaban J connectivity index is 2.11. The number of aryl methyl sites for hydroxylation is 1. The lowest BCUT2D eigenvalue weighted by Gasteiger charge is -2.05. The minimum atomic E-state index is -0.209. The largest absolute Gasteiger partial charge is 0.349 e. The molecule has 0 amide bonds. The molecule has 6 heteroatoms. The second-order valence-electron chi connectivity index (χ2n) is 4.48. The highest BCUT2D eigenvalue weighted by Crippen LogP contribution is 2.19. The van der Waals surface area contributed by atoms with E-state index in [1.54, 1.807) is 0 Å². The summed E-state index contributed by atoms with van der Waals surface area (Å²) in [6.45, 7) is 6.86. The molecule has 0 aliphatic heterocycles. The van der Waals surface area contributed by atoms with Crippen LogP contribution in [0.3, 0.4) is 0 Å². The average molecular weight is 291 g/mol. The van der Waals surface area contributed by atoms with Crippen LogP contribution in [-0.4, -0.2) is 26.1 Å². The summed E-state index contributed by atoms with van der Waals surface area (Å²) < 4.78 is 2.11. The summed E-state index contributed by atoms with van der Waals surface area (Å²) in [7, 11) is 0. The molecule has 1 N–H and O–H groups in total. The highest BCUT2D eigenvalue weighted by Gasteiger charge is 2.15. The maximum atomic E-state index is 12.3. The molecule has 106 valence electrons. The highest BCUT2D eigenvalue weighted by molar-refractivity contribution is 7.99. The molecule has 2 heterocycles. The van der Waals surface area contributed by atoms with Gasteiger partial charge in [0, 0.05) is 35.8 Å². The van der Waals surface area contributed by atoms with Gasteiger partial charge in [0.1, 0.15) is 0 Å². The van der Waals surface area contributed by atoms with E-state index in [2.05, 4.69) is 21.5 Å². The molecule has 0 fully saturated rings. The van der Waals surface area contributed by atoms with Gasteiger partial charge in [0.05, 0.1) is 5.75 Å². The second kappa shape index (κ2) is 6.09. The number of Topliss-reactive ketones (excluding diaryl/α,β-unsaturated/α-hetero) is 1. The van der Waals surface area contributed by atoms with Gasteiger partial charge in [-0.05, 0) is 26.8 Å². The number of aromatic amines is 1. The molecule has 0 spiro atoms. The van der Waals surface area contributed by atoms with Crippen molar-refractivity contribution >= 4 is 17.5 Å².